The van der Waals surface area contributed by atoms with Crippen molar-refractivity contribution < 1.29 is 0 Å². The molecular weight excluding hydrogens is 287 g/mol. The molecule has 1 atom stereocenters. The Morgan fingerprint density at radius 3 is 1.33 bits per heavy atom. The molecule has 0 heterocycles. The van der Waals surface area contributed by atoms with E-state index in [2.05, 4.69) is 76.5 Å². The Hall–Kier alpha value is 0.841. The predicted octanol–water partition coefficient (Wildman–Crippen LogP) is 5.56. The third-order valence-corrected chi connectivity index (χ3v) is 21.8. The molecule has 0 aromatic rings. The lowest BCUT2D eigenvalue weighted by atomic mass is 11.0. The molecule has 0 aromatic carbocycles. The highest BCUT2D eigenvalue weighted by Crippen LogP contribution is 2.55. The van der Waals surface area contributed by atoms with Gasteiger partial charge in [-0.15, -0.1) is 0 Å². The molecule has 0 rings (SSSR count). The lowest BCUT2D eigenvalue weighted by Gasteiger charge is -2.51. The van der Waals surface area contributed by atoms with Crippen molar-refractivity contribution in [1.82, 2.24) is 4.00 Å². The lowest BCUT2D eigenvalue weighted by Crippen LogP contribution is -2.57. The van der Waals surface area contributed by atoms with Gasteiger partial charge in [0.05, 0.1) is 0 Å². The fourth-order valence-electron chi connectivity index (χ4n) is 3.20. The van der Waals surface area contributed by atoms with Crippen LogP contribution in [0.15, 0.2) is 4.41 Å². The monoisotopic (exact) mass is 322 g/mol. The summed E-state index contributed by atoms with van der Waals surface area (Å²) in [7, 11) is -5.25. The predicted molar refractivity (Wildman–Crippen MR) is 97.7 cm³/mol. The quantitative estimate of drug-likeness (QED) is 0.478. The van der Waals surface area contributed by atoms with Gasteiger partial charge in [0.25, 0.3) is 0 Å². The minimum atomic E-state index is -1.36. The van der Waals surface area contributed by atoms with E-state index in [0.29, 0.717) is 0 Å². The second-order valence-corrected chi connectivity index (χ2v) is 27.5. The van der Waals surface area contributed by atoms with E-state index >= 15 is 0 Å². The van der Waals surface area contributed by atoms with Crippen LogP contribution in [-0.2, 0) is 0 Å². The molecular formula is C12H35N2PSi3. The Morgan fingerprint density at radius 1 is 0.833 bits per heavy atom. The molecule has 6 heteroatoms. The van der Waals surface area contributed by atoms with Crippen LogP contribution in [0, 0.1) is 0 Å². The zero-order valence-electron chi connectivity index (χ0n) is 14.5. The Kier molecular flexibility index (Phi) is 5.95. The minimum Gasteiger partial charge on any atom is -0.326 e. The van der Waals surface area contributed by atoms with E-state index in [1.165, 1.54) is 6.16 Å². The average Bonchev–Trinajstić information content (AvgIpc) is 1.93. The van der Waals surface area contributed by atoms with Gasteiger partial charge in [0.15, 0.2) is 8.24 Å². The summed E-state index contributed by atoms with van der Waals surface area (Å²) in [6, 6.07) is 0. The molecule has 0 aliphatic carbocycles. The van der Waals surface area contributed by atoms with Crippen LogP contribution in [0.5, 0.6) is 0 Å². The number of hydrogen-bond acceptors (Lipinski definition) is 1. The average molecular weight is 323 g/mol. The Labute approximate surface area is 119 Å². The molecule has 0 aliphatic rings. The molecule has 0 N–H and O–H groups in total. The lowest BCUT2D eigenvalue weighted by molar-refractivity contribution is 0.951. The van der Waals surface area contributed by atoms with E-state index in [1.807, 2.05) is 0 Å². The van der Waals surface area contributed by atoms with Crippen LogP contribution in [0.4, 0.5) is 0 Å². The minimum absolute atomic E-state index is 1.24. The third-order valence-electron chi connectivity index (χ3n) is 2.82. The van der Waals surface area contributed by atoms with Gasteiger partial charge >= 0.3 is 0 Å². The molecule has 0 fully saturated rings. The Balaban J connectivity index is 5.96. The van der Waals surface area contributed by atoms with Gasteiger partial charge in [-0.2, -0.15) is 0 Å². The van der Waals surface area contributed by atoms with Gasteiger partial charge in [-0.3, -0.25) is 0 Å². The van der Waals surface area contributed by atoms with Crippen molar-refractivity contribution in [3.8, 4) is 0 Å². The zero-order valence-corrected chi connectivity index (χ0v) is 18.4. The fourth-order valence-corrected chi connectivity index (χ4v) is 29.6. The maximum atomic E-state index is 5.44. The van der Waals surface area contributed by atoms with Gasteiger partial charge in [-0.05, 0) is 12.8 Å². The first-order chi connectivity index (χ1) is 7.63. The summed E-state index contributed by atoms with van der Waals surface area (Å²) in [5, 5.41) is 0. The van der Waals surface area contributed by atoms with Crippen molar-refractivity contribution >= 4 is 31.9 Å². The molecule has 0 saturated heterocycles. The Morgan fingerprint density at radius 2 is 1.17 bits per heavy atom. The van der Waals surface area contributed by atoms with Crippen molar-refractivity contribution in [2.75, 3.05) is 12.8 Å². The zero-order chi connectivity index (χ0) is 15.0. The van der Waals surface area contributed by atoms with Gasteiger partial charge < -0.3 is 8.41 Å². The highest BCUT2D eigenvalue weighted by atomic mass is 31.2. The molecule has 0 aliphatic heterocycles. The van der Waals surface area contributed by atoms with Gasteiger partial charge in [-0.1, -0.05) is 65.8 Å². The molecule has 0 amide bonds. The van der Waals surface area contributed by atoms with Crippen molar-refractivity contribution in [3.63, 3.8) is 0 Å². The second-order valence-electron chi connectivity index (χ2n) is 8.33. The van der Waals surface area contributed by atoms with Gasteiger partial charge in [-0.25, -0.2) is 0 Å². The van der Waals surface area contributed by atoms with Crippen molar-refractivity contribution in [3.05, 3.63) is 0 Å². The number of nitrogens with zero attached hydrogens (tertiary/aromatic N) is 2. The van der Waals surface area contributed by atoms with Crippen LogP contribution in [-0.4, -0.2) is 41.5 Å². The summed E-state index contributed by atoms with van der Waals surface area (Å²) in [6.45, 7) is 27.0. The summed E-state index contributed by atoms with van der Waals surface area (Å²) in [5.74, 6) is 0. The van der Waals surface area contributed by atoms with E-state index in [0.717, 1.165) is 0 Å². The molecule has 0 aromatic heterocycles. The maximum absolute atomic E-state index is 5.44. The highest BCUT2D eigenvalue weighted by molar-refractivity contribution is 7.68. The topological polar surface area (TPSA) is 15.6 Å². The van der Waals surface area contributed by atoms with E-state index in [9.17, 15) is 0 Å². The van der Waals surface area contributed by atoms with Crippen LogP contribution in [0.25, 0.3) is 0 Å². The van der Waals surface area contributed by atoms with E-state index in [1.54, 1.807) is 0 Å². The van der Waals surface area contributed by atoms with Gasteiger partial charge in [0, 0.05) is 7.21 Å². The maximum Gasteiger partial charge on any atom is 0.172 e. The largest absolute Gasteiger partial charge is 0.326 e. The first kappa shape index (κ1) is 18.8. The summed E-state index contributed by atoms with van der Waals surface area (Å²) in [5.41, 5.74) is 0. The van der Waals surface area contributed by atoms with Gasteiger partial charge in [0.1, 0.15) is 16.5 Å². The smallest absolute Gasteiger partial charge is 0.172 e. The molecule has 18 heavy (non-hydrogen) atoms. The third kappa shape index (κ3) is 5.45. The first-order valence-electron chi connectivity index (χ1n) is 7.04. The molecule has 0 radical (unpaired) electrons. The van der Waals surface area contributed by atoms with Crippen LogP contribution < -0.4 is 0 Å². The normalized spacial score (nSPS) is 17.8. The molecule has 0 bridgehead atoms. The summed E-state index contributed by atoms with van der Waals surface area (Å²) < 4.78 is 8.42. The van der Waals surface area contributed by atoms with E-state index in [4.69, 9.17) is 4.41 Å². The first-order valence-corrected chi connectivity index (χ1v) is 19.7. The van der Waals surface area contributed by atoms with E-state index < -0.39 is 31.9 Å². The number of hydrogen-bond donors (Lipinski definition) is 0. The Bertz CT molecular complexity index is 321. The summed E-state index contributed by atoms with van der Waals surface area (Å²) in [6.07, 6.45) is 1.24. The molecule has 2 nitrogen and oxygen atoms in total. The summed E-state index contributed by atoms with van der Waals surface area (Å²) in [4.78, 5) is 0. The second kappa shape index (κ2) is 5.68. The molecule has 0 saturated carbocycles. The highest BCUT2D eigenvalue weighted by Gasteiger charge is 2.41. The van der Waals surface area contributed by atoms with Crippen LogP contribution >= 0.6 is 7.21 Å². The van der Waals surface area contributed by atoms with Crippen molar-refractivity contribution in [2.24, 2.45) is 4.41 Å². The summed E-state index contributed by atoms with van der Waals surface area (Å²) >= 11 is 0. The van der Waals surface area contributed by atoms with Crippen LogP contribution in [0.1, 0.15) is 6.92 Å². The molecule has 110 valence electrons. The number of rotatable bonds is 5. The van der Waals surface area contributed by atoms with Crippen molar-refractivity contribution in [1.29, 1.82) is 0 Å². The molecule has 0 spiro atoms. The molecule has 1 unspecified atom stereocenters. The van der Waals surface area contributed by atoms with E-state index in [-0.39, 0.29) is 0 Å². The standard InChI is InChI=1S/C12H35N2PSi3/c1-12-15(2,13-16(3,4)5)14(17(6,7)8)18(9,10)11/h12H2,1-11H3. The fraction of sp³-hybridized carbons (Fsp3) is 1.00. The van der Waals surface area contributed by atoms with Crippen LogP contribution in [0.2, 0.25) is 58.9 Å². The van der Waals surface area contributed by atoms with Gasteiger partial charge in [0.2, 0.25) is 0 Å². The van der Waals surface area contributed by atoms with Crippen LogP contribution in [0.3, 0.4) is 0 Å². The SMILES string of the molecule is CCP(C)(=N[Si](C)(C)C)N([Si](C)(C)C)[Si](C)(C)C. The van der Waals surface area contributed by atoms with Crippen molar-refractivity contribution in [2.45, 2.75) is 65.8 Å².